The van der Waals surface area contributed by atoms with E-state index in [0.717, 1.165) is 5.56 Å². The van der Waals surface area contributed by atoms with E-state index in [4.69, 9.17) is 9.47 Å². The number of ether oxygens (including phenoxy) is 2. The number of aliphatic hydroxyl groups is 1. The van der Waals surface area contributed by atoms with E-state index in [1.165, 1.54) is 13.3 Å². The molecule has 4 aromatic carbocycles. The summed E-state index contributed by atoms with van der Waals surface area (Å²) in [6.45, 7) is 1.93. The van der Waals surface area contributed by atoms with Crippen LogP contribution in [0.15, 0.2) is 107 Å². The summed E-state index contributed by atoms with van der Waals surface area (Å²) in [5.41, 5.74) is 3.28. The monoisotopic (exact) mass is 572 g/mol. The molecule has 0 atom stereocenters. The van der Waals surface area contributed by atoms with Gasteiger partial charge in [0.25, 0.3) is 5.91 Å². The maximum Gasteiger partial charge on any atom is 0.343 e. The van der Waals surface area contributed by atoms with Crippen LogP contribution in [0.25, 0.3) is 0 Å². The van der Waals surface area contributed by atoms with E-state index in [-0.39, 0.29) is 11.5 Å². The van der Waals surface area contributed by atoms with Crippen molar-refractivity contribution in [3.8, 4) is 11.5 Å². The van der Waals surface area contributed by atoms with Crippen LogP contribution in [0.4, 0.5) is 0 Å². The Kier molecular flexibility index (Phi) is 8.35. The molecule has 0 aromatic heterocycles. The number of amides is 1. The Balaban J connectivity index is 1.54. The Morgan fingerprint density at radius 1 is 0.921 bits per heavy atom. The lowest BCUT2D eigenvalue weighted by atomic mass is 9.85. The largest absolute Gasteiger partial charge is 0.493 e. The number of aryl methyl sites for hydroxylation is 1. The Labute approximate surface area is 228 Å². The van der Waals surface area contributed by atoms with Gasteiger partial charge in [0.2, 0.25) is 0 Å². The summed E-state index contributed by atoms with van der Waals surface area (Å²) >= 11 is 3.42. The molecule has 1 amide bonds. The van der Waals surface area contributed by atoms with Gasteiger partial charge in [-0.25, -0.2) is 10.2 Å². The number of hydrogen-bond donors (Lipinski definition) is 2. The number of esters is 1. The van der Waals surface area contributed by atoms with Crippen molar-refractivity contribution in [2.24, 2.45) is 5.10 Å². The third-order valence-electron chi connectivity index (χ3n) is 5.83. The maximum absolute atomic E-state index is 13.2. The molecule has 2 N–H and O–H groups in total. The zero-order valence-corrected chi connectivity index (χ0v) is 22.3. The maximum atomic E-state index is 13.2. The molecule has 7 nitrogen and oxygen atoms in total. The molecule has 0 saturated heterocycles. The molecule has 0 aliphatic carbocycles. The number of rotatable bonds is 8. The van der Waals surface area contributed by atoms with Crippen LogP contribution in [-0.4, -0.2) is 30.3 Å². The first-order chi connectivity index (χ1) is 18.3. The zero-order chi connectivity index (χ0) is 27.1. The lowest BCUT2D eigenvalue weighted by Crippen LogP contribution is -2.43. The van der Waals surface area contributed by atoms with Crippen molar-refractivity contribution in [1.82, 2.24) is 5.43 Å². The van der Waals surface area contributed by atoms with Crippen LogP contribution in [0, 0.1) is 6.92 Å². The zero-order valence-electron chi connectivity index (χ0n) is 20.7. The van der Waals surface area contributed by atoms with Crippen molar-refractivity contribution in [1.29, 1.82) is 0 Å². The highest BCUT2D eigenvalue weighted by Gasteiger charge is 2.39. The van der Waals surface area contributed by atoms with Crippen molar-refractivity contribution in [3.05, 3.63) is 129 Å². The number of nitrogens with zero attached hydrogens (tertiary/aromatic N) is 1. The van der Waals surface area contributed by atoms with E-state index in [9.17, 15) is 14.7 Å². The summed E-state index contributed by atoms with van der Waals surface area (Å²) in [6.07, 6.45) is 1.40. The quantitative estimate of drug-likeness (QED) is 0.128. The topological polar surface area (TPSA) is 97.2 Å². The molecule has 38 heavy (non-hydrogen) atoms. The predicted molar refractivity (Wildman–Crippen MR) is 148 cm³/mol. The van der Waals surface area contributed by atoms with Crippen LogP contribution in [0.3, 0.4) is 0 Å². The van der Waals surface area contributed by atoms with Gasteiger partial charge in [-0.1, -0.05) is 78.4 Å². The number of carbonyl (C=O) groups is 2. The summed E-state index contributed by atoms with van der Waals surface area (Å²) in [7, 11) is 1.45. The normalized spacial score (nSPS) is 11.3. The fourth-order valence-electron chi connectivity index (χ4n) is 3.79. The lowest BCUT2D eigenvalue weighted by Gasteiger charge is -2.27. The van der Waals surface area contributed by atoms with Crippen molar-refractivity contribution < 1.29 is 24.2 Å². The molecule has 0 radical (unpaired) electrons. The van der Waals surface area contributed by atoms with Gasteiger partial charge in [0.15, 0.2) is 17.1 Å². The van der Waals surface area contributed by atoms with Crippen LogP contribution >= 0.6 is 15.9 Å². The minimum atomic E-state index is -1.95. The van der Waals surface area contributed by atoms with Crippen LogP contribution in [0.2, 0.25) is 0 Å². The van der Waals surface area contributed by atoms with E-state index >= 15 is 0 Å². The second-order valence-corrected chi connectivity index (χ2v) is 9.29. The van der Waals surface area contributed by atoms with Gasteiger partial charge in [0, 0.05) is 0 Å². The fraction of sp³-hybridized carbons (Fsp3) is 0.100. The first-order valence-electron chi connectivity index (χ1n) is 11.7. The standard InChI is InChI=1S/C30H25BrN2O5/c1-20-13-15-22(16-14-20)28(34)38-27-25(31)17-21(18-26(27)37-2)19-32-33-29(35)30(36,23-9-5-3-6-10-23)24-11-7-4-8-12-24/h3-19,36H,1-2H3,(H,33,35)/b32-19+. The molecule has 0 aliphatic heterocycles. The highest BCUT2D eigenvalue weighted by atomic mass is 79.9. The van der Waals surface area contributed by atoms with E-state index in [1.807, 2.05) is 19.1 Å². The molecule has 0 spiro atoms. The average Bonchev–Trinajstić information content (AvgIpc) is 2.95. The molecule has 192 valence electrons. The Bertz CT molecular complexity index is 1420. The second kappa shape index (κ2) is 11.9. The van der Waals surface area contributed by atoms with Crippen molar-refractivity contribution in [3.63, 3.8) is 0 Å². The van der Waals surface area contributed by atoms with Gasteiger partial charge in [0.05, 0.1) is 23.4 Å². The highest BCUT2D eigenvalue weighted by Crippen LogP contribution is 2.37. The van der Waals surface area contributed by atoms with Crippen LogP contribution in [-0.2, 0) is 10.4 Å². The van der Waals surface area contributed by atoms with Crippen molar-refractivity contribution >= 4 is 34.0 Å². The number of carbonyl (C=O) groups excluding carboxylic acids is 2. The number of methoxy groups -OCH3 is 1. The summed E-state index contributed by atoms with van der Waals surface area (Å²) < 4.78 is 11.5. The summed E-state index contributed by atoms with van der Waals surface area (Å²) in [4.78, 5) is 25.8. The number of halogens is 1. The lowest BCUT2D eigenvalue weighted by molar-refractivity contribution is -0.136. The molecular weight excluding hydrogens is 548 g/mol. The van der Waals surface area contributed by atoms with Gasteiger partial charge in [-0.05, 0) is 63.8 Å². The molecule has 4 aromatic rings. The summed E-state index contributed by atoms with van der Waals surface area (Å²) in [6, 6.07) is 27.6. The van der Waals surface area contributed by atoms with Crippen LogP contribution < -0.4 is 14.9 Å². The number of benzene rings is 4. The van der Waals surface area contributed by atoms with Gasteiger partial charge in [0.1, 0.15) is 0 Å². The Morgan fingerprint density at radius 2 is 1.50 bits per heavy atom. The van der Waals surface area contributed by atoms with E-state index < -0.39 is 17.5 Å². The minimum absolute atomic E-state index is 0.210. The van der Waals surface area contributed by atoms with E-state index in [1.54, 1.807) is 84.9 Å². The number of nitrogens with one attached hydrogen (secondary N) is 1. The van der Waals surface area contributed by atoms with Gasteiger partial charge in [-0.15, -0.1) is 0 Å². The molecule has 0 bridgehead atoms. The Hall–Kier alpha value is -4.27. The summed E-state index contributed by atoms with van der Waals surface area (Å²) in [5, 5.41) is 15.6. The minimum Gasteiger partial charge on any atom is -0.493 e. The first kappa shape index (κ1) is 26.8. The third kappa shape index (κ3) is 5.82. The van der Waals surface area contributed by atoms with Gasteiger partial charge in [-0.2, -0.15) is 5.10 Å². The third-order valence-corrected chi connectivity index (χ3v) is 6.41. The van der Waals surface area contributed by atoms with Gasteiger partial charge in [-0.3, -0.25) is 4.79 Å². The van der Waals surface area contributed by atoms with Crippen molar-refractivity contribution in [2.45, 2.75) is 12.5 Å². The van der Waals surface area contributed by atoms with Gasteiger partial charge >= 0.3 is 5.97 Å². The second-order valence-electron chi connectivity index (χ2n) is 8.43. The average molecular weight is 573 g/mol. The summed E-state index contributed by atoms with van der Waals surface area (Å²) in [5.74, 6) is -0.751. The SMILES string of the molecule is COc1cc(/C=N/NC(=O)C(O)(c2ccccc2)c2ccccc2)cc(Br)c1OC(=O)c1ccc(C)cc1. The molecule has 0 saturated carbocycles. The smallest absolute Gasteiger partial charge is 0.343 e. The molecule has 4 rings (SSSR count). The van der Waals surface area contributed by atoms with E-state index in [0.29, 0.717) is 26.7 Å². The molecular formula is C30H25BrN2O5. The van der Waals surface area contributed by atoms with Crippen molar-refractivity contribution in [2.75, 3.05) is 7.11 Å². The fourth-order valence-corrected chi connectivity index (χ4v) is 4.33. The van der Waals surface area contributed by atoms with Crippen LogP contribution in [0.5, 0.6) is 11.5 Å². The van der Waals surface area contributed by atoms with Gasteiger partial charge < -0.3 is 14.6 Å². The van der Waals surface area contributed by atoms with E-state index in [2.05, 4.69) is 26.5 Å². The van der Waals surface area contributed by atoms with Crippen LogP contribution in [0.1, 0.15) is 32.6 Å². The highest BCUT2D eigenvalue weighted by molar-refractivity contribution is 9.10. The number of hydrazone groups is 1. The molecule has 0 unspecified atom stereocenters. The number of hydrogen-bond acceptors (Lipinski definition) is 6. The molecule has 8 heteroatoms. The Morgan fingerprint density at radius 3 is 2.05 bits per heavy atom. The predicted octanol–water partition coefficient (Wildman–Crippen LogP) is 5.37. The molecule has 0 aliphatic rings. The molecule has 0 fully saturated rings. The first-order valence-corrected chi connectivity index (χ1v) is 12.5. The molecule has 0 heterocycles.